The fourth-order valence-electron chi connectivity index (χ4n) is 4.16. The maximum Gasteiger partial charge on any atom is 0.219 e. The monoisotopic (exact) mass is 351 g/mol. The van der Waals surface area contributed by atoms with Crippen molar-refractivity contribution in [3.63, 3.8) is 0 Å². The molecule has 1 aliphatic rings. The molecule has 2 aromatic carbocycles. The largest absolute Gasteiger partial charge is 0.508 e. The van der Waals surface area contributed by atoms with Crippen LogP contribution in [0.15, 0.2) is 54.6 Å². The van der Waals surface area contributed by atoms with E-state index in [4.69, 9.17) is 0 Å². The summed E-state index contributed by atoms with van der Waals surface area (Å²) in [5, 5.41) is 9.45. The average molecular weight is 351 g/mol. The molecule has 0 aromatic heterocycles. The van der Waals surface area contributed by atoms with Gasteiger partial charge in [0, 0.05) is 19.5 Å². The number of carbonyl (C=O) groups excluding carboxylic acids is 1. The van der Waals surface area contributed by atoms with Crippen LogP contribution in [-0.4, -0.2) is 28.5 Å². The molecule has 0 spiro atoms. The van der Waals surface area contributed by atoms with Gasteiger partial charge in [-0.05, 0) is 67.7 Å². The van der Waals surface area contributed by atoms with Crippen molar-refractivity contribution < 1.29 is 9.90 Å². The second-order valence-corrected chi connectivity index (χ2v) is 7.40. The molecule has 1 aliphatic carbocycles. The first kappa shape index (κ1) is 18.5. The van der Waals surface area contributed by atoms with Crippen molar-refractivity contribution in [1.82, 2.24) is 4.90 Å². The first-order chi connectivity index (χ1) is 12.6. The van der Waals surface area contributed by atoms with Gasteiger partial charge in [-0.15, -0.1) is 0 Å². The van der Waals surface area contributed by atoms with E-state index in [1.165, 1.54) is 11.1 Å². The van der Waals surface area contributed by atoms with Crippen LogP contribution in [0, 0.1) is 0 Å². The number of aromatic hydroxyl groups is 1. The topological polar surface area (TPSA) is 40.5 Å². The van der Waals surface area contributed by atoms with Gasteiger partial charge in [-0.2, -0.15) is 0 Å². The Morgan fingerprint density at radius 1 is 1.00 bits per heavy atom. The highest BCUT2D eigenvalue weighted by Crippen LogP contribution is 2.35. The van der Waals surface area contributed by atoms with Gasteiger partial charge < -0.3 is 10.0 Å². The van der Waals surface area contributed by atoms with Crippen LogP contribution in [0.1, 0.15) is 56.1 Å². The molecule has 26 heavy (non-hydrogen) atoms. The molecular formula is C23H29NO2. The summed E-state index contributed by atoms with van der Waals surface area (Å²) in [6.07, 6.45) is 6.39. The van der Waals surface area contributed by atoms with Crippen LogP contribution in [-0.2, 0) is 11.2 Å². The third-order valence-corrected chi connectivity index (χ3v) is 5.61. The van der Waals surface area contributed by atoms with Crippen LogP contribution < -0.4 is 0 Å². The van der Waals surface area contributed by atoms with Crippen molar-refractivity contribution in [3.8, 4) is 5.75 Å². The Labute approximate surface area is 156 Å². The fourth-order valence-corrected chi connectivity index (χ4v) is 4.16. The number of amides is 1. The molecule has 3 nitrogen and oxygen atoms in total. The van der Waals surface area contributed by atoms with E-state index in [0.717, 1.165) is 45.1 Å². The van der Waals surface area contributed by atoms with Gasteiger partial charge in [-0.1, -0.05) is 42.5 Å². The summed E-state index contributed by atoms with van der Waals surface area (Å²) in [5.41, 5.74) is 2.65. The van der Waals surface area contributed by atoms with Gasteiger partial charge in [-0.25, -0.2) is 0 Å². The molecule has 1 amide bonds. The summed E-state index contributed by atoms with van der Waals surface area (Å²) in [6, 6.07) is 18.5. The summed E-state index contributed by atoms with van der Waals surface area (Å²) in [5.74, 6) is 1.07. The van der Waals surface area contributed by atoms with Crippen LogP contribution in [0.5, 0.6) is 5.75 Å². The Balaban J connectivity index is 1.51. The summed E-state index contributed by atoms with van der Waals surface area (Å²) in [6.45, 7) is 2.55. The van der Waals surface area contributed by atoms with Crippen LogP contribution in [0.25, 0.3) is 0 Å². The molecule has 1 fully saturated rings. The zero-order valence-corrected chi connectivity index (χ0v) is 15.6. The number of nitrogens with zero attached hydrogens (tertiary/aromatic N) is 1. The molecule has 3 heteroatoms. The van der Waals surface area contributed by atoms with Crippen LogP contribution in [0.3, 0.4) is 0 Å². The molecule has 0 atom stereocenters. The standard InChI is InChI=1S/C23H29NO2/c1-18(25)24(17-5-8-19-6-3-2-4-7-19)22-13-9-20(10-14-22)21-11-15-23(26)16-12-21/h2-4,6-7,11-12,15-16,20,22,26H,5,8-10,13-14,17H2,1H3/t20-,22-. The maximum absolute atomic E-state index is 12.2. The molecule has 0 radical (unpaired) electrons. The number of benzene rings is 2. The van der Waals surface area contributed by atoms with Crippen molar-refractivity contribution in [3.05, 3.63) is 65.7 Å². The SMILES string of the molecule is CC(=O)N(CCCc1ccccc1)[C@H]1CC[C@H](c2ccc(O)cc2)CC1. The minimum atomic E-state index is 0.200. The molecule has 1 saturated carbocycles. The second-order valence-electron chi connectivity index (χ2n) is 7.40. The Morgan fingerprint density at radius 2 is 1.65 bits per heavy atom. The number of phenolic OH excluding ortho intramolecular Hbond substituents is 1. The minimum Gasteiger partial charge on any atom is -0.508 e. The first-order valence-corrected chi connectivity index (χ1v) is 9.73. The molecular weight excluding hydrogens is 322 g/mol. The van der Waals surface area contributed by atoms with E-state index in [1.54, 1.807) is 19.1 Å². The smallest absolute Gasteiger partial charge is 0.219 e. The van der Waals surface area contributed by atoms with Crippen molar-refractivity contribution in [2.24, 2.45) is 0 Å². The van der Waals surface area contributed by atoms with Gasteiger partial charge in [0.25, 0.3) is 0 Å². The van der Waals surface area contributed by atoms with Crippen molar-refractivity contribution in [2.75, 3.05) is 6.54 Å². The van der Waals surface area contributed by atoms with Crippen LogP contribution in [0.4, 0.5) is 0 Å². The number of rotatable bonds is 6. The van der Waals surface area contributed by atoms with Gasteiger partial charge in [-0.3, -0.25) is 4.79 Å². The third-order valence-electron chi connectivity index (χ3n) is 5.61. The lowest BCUT2D eigenvalue weighted by Crippen LogP contribution is -2.41. The number of carbonyl (C=O) groups is 1. The molecule has 0 aliphatic heterocycles. The minimum absolute atomic E-state index is 0.200. The Morgan fingerprint density at radius 3 is 2.27 bits per heavy atom. The molecule has 0 unspecified atom stereocenters. The lowest BCUT2D eigenvalue weighted by atomic mass is 9.81. The highest BCUT2D eigenvalue weighted by atomic mass is 16.3. The lowest BCUT2D eigenvalue weighted by Gasteiger charge is -2.36. The Kier molecular flexibility index (Phi) is 6.32. The Hall–Kier alpha value is -2.29. The zero-order valence-electron chi connectivity index (χ0n) is 15.6. The molecule has 3 rings (SSSR count). The van der Waals surface area contributed by atoms with Gasteiger partial charge in [0.05, 0.1) is 0 Å². The van der Waals surface area contributed by atoms with E-state index in [0.29, 0.717) is 17.7 Å². The van der Waals surface area contributed by atoms with Crippen molar-refractivity contribution in [1.29, 1.82) is 0 Å². The highest BCUT2D eigenvalue weighted by Gasteiger charge is 2.27. The van der Waals surface area contributed by atoms with Gasteiger partial charge in [0.1, 0.15) is 5.75 Å². The van der Waals surface area contributed by atoms with Gasteiger partial charge in [0.2, 0.25) is 5.91 Å². The highest BCUT2D eigenvalue weighted by molar-refractivity contribution is 5.73. The van der Waals surface area contributed by atoms with Crippen LogP contribution >= 0.6 is 0 Å². The lowest BCUT2D eigenvalue weighted by molar-refractivity contribution is -0.131. The average Bonchev–Trinajstić information content (AvgIpc) is 2.67. The second kappa shape index (κ2) is 8.88. The molecule has 0 saturated heterocycles. The normalized spacial score (nSPS) is 19.9. The van der Waals surface area contributed by atoms with Gasteiger partial charge in [0.15, 0.2) is 0 Å². The number of phenols is 1. The molecule has 138 valence electrons. The van der Waals surface area contributed by atoms with E-state index >= 15 is 0 Å². The fraction of sp³-hybridized carbons (Fsp3) is 0.435. The van der Waals surface area contributed by atoms with Crippen molar-refractivity contribution >= 4 is 5.91 Å². The van der Waals surface area contributed by atoms with Crippen molar-refractivity contribution in [2.45, 2.75) is 57.4 Å². The van der Waals surface area contributed by atoms with E-state index in [9.17, 15) is 9.90 Å². The quantitative estimate of drug-likeness (QED) is 0.804. The molecule has 0 heterocycles. The third kappa shape index (κ3) is 4.87. The van der Waals surface area contributed by atoms with E-state index < -0.39 is 0 Å². The first-order valence-electron chi connectivity index (χ1n) is 9.73. The summed E-state index contributed by atoms with van der Waals surface area (Å²) >= 11 is 0. The summed E-state index contributed by atoms with van der Waals surface area (Å²) < 4.78 is 0. The zero-order chi connectivity index (χ0) is 18.4. The molecule has 1 N–H and O–H groups in total. The van der Waals surface area contributed by atoms with Crippen LogP contribution in [0.2, 0.25) is 0 Å². The number of hydrogen-bond acceptors (Lipinski definition) is 2. The van der Waals surface area contributed by atoms with E-state index in [1.807, 2.05) is 18.2 Å². The predicted molar refractivity (Wildman–Crippen MR) is 105 cm³/mol. The number of aryl methyl sites for hydroxylation is 1. The van der Waals surface area contributed by atoms with Gasteiger partial charge >= 0.3 is 0 Å². The maximum atomic E-state index is 12.2. The Bertz CT molecular complexity index is 688. The predicted octanol–water partition coefficient (Wildman–Crippen LogP) is 4.90. The molecule has 2 aromatic rings. The van der Waals surface area contributed by atoms with E-state index in [2.05, 4.69) is 29.2 Å². The summed E-state index contributed by atoms with van der Waals surface area (Å²) in [4.78, 5) is 14.3. The van der Waals surface area contributed by atoms with E-state index in [-0.39, 0.29) is 5.91 Å². The number of hydrogen-bond donors (Lipinski definition) is 1. The molecule has 0 bridgehead atoms. The summed E-state index contributed by atoms with van der Waals surface area (Å²) in [7, 11) is 0.